The summed E-state index contributed by atoms with van der Waals surface area (Å²) in [6, 6.07) is 0. The maximum absolute atomic E-state index is 12.1. The Morgan fingerprint density at radius 3 is 2.20 bits per heavy atom. The Balaban J connectivity index is 2.83. The molecule has 0 aromatic carbocycles. The van der Waals surface area contributed by atoms with Crippen molar-refractivity contribution in [1.82, 2.24) is 0 Å². The third kappa shape index (κ3) is 2.27. The molecule has 0 aromatic rings. The van der Waals surface area contributed by atoms with Crippen molar-refractivity contribution in [3.05, 3.63) is 11.1 Å². The SMILES string of the molecule is CC1(C)C(/C=C(\Cl)C(F)(F)F)[C@H]1C(=O)O. The van der Waals surface area contributed by atoms with Crippen LogP contribution >= 0.6 is 11.6 Å². The Hall–Kier alpha value is -0.710. The minimum atomic E-state index is -4.59. The van der Waals surface area contributed by atoms with Gasteiger partial charge in [-0.25, -0.2) is 0 Å². The van der Waals surface area contributed by atoms with E-state index in [1.165, 1.54) is 0 Å². The van der Waals surface area contributed by atoms with E-state index in [9.17, 15) is 18.0 Å². The van der Waals surface area contributed by atoms with Crippen LogP contribution in [0.2, 0.25) is 0 Å². The lowest BCUT2D eigenvalue weighted by atomic mass is 10.1. The maximum Gasteiger partial charge on any atom is 0.426 e. The molecule has 0 heterocycles. The lowest BCUT2D eigenvalue weighted by Gasteiger charge is -2.04. The van der Waals surface area contributed by atoms with Crippen molar-refractivity contribution in [2.45, 2.75) is 20.0 Å². The van der Waals surface area contributed by atoms with Gasteiger partial charge in [0.15, 0.2) is 0 Å². The second kappa shape index (κ2) is 3.40. The van der Waals surface area contributed by atoms with Crippen LogP contribution in [-0.4, -0.2) is 17.3 Å². The van der Waals surface area contributed by atoms with Gasteiger partial charge in [-0.2, -0.15) is 13.2 Å². The highest BCUT2D eigenvalue weighted by atomic mass is 35.5. The van der Waals surface area contributed by atoms with E-state index in [2.05, 4.69) is 0 Å². The van der Waals surface area contributed by atoms with E-state index in [-0.39, 0.29) is 0 Å². The number of allylic oxidation sites excluding steroid dienone is 2. The quantitative estimate of drug-likeness (QED) is 0.808. The van der Waals surface area contributed by atoms with Crippen molar-refractivity contribution < 1.29 is 23.1 Å². The first-order valence-corrected chi connectivity index (χ1v) is 4.63. The second-order valence-corrected chi connectivity index (χ2v) is 4.58. The Bertz CT molecular complexity index is 320. The van der Waals surface area contributed by atoms with Crippen LogP contribution in [0.5, 0.6) is 0 Å². The summed E-state index contributed by atoms with van der Waals surface area (Å²) in [5.41, 5.74) is -0.656. The van der Waals surface area contributed by atoms with Crippen LogP contribution in [0.4, 0.5) is 13.2 Å². The molecule has 0 aliphatic heterocycles. The van der Waals surface area contributed by atoms with E-state index in [1.807, 2.05) is 0 Å². The minimum Gasteiger partial charge on any atom is -0.481 e. The van der Waals surface area contributed by atoms with Crippen molar-refractivity contribution in [3.63, 3.8) is 0 Å². The zero-order valence-corrected chi connectivity index (χ0v) is 8.86. The van der Waals surface area contributed by atoms with Gasteiger partial charge in [-0.05, 0) is 11.3 Å². The summed E-state index contributed by atoms with van der Waals surface area (Å²) in [6.07, 6.45) is -3.80. The van der Waals surface area contributed by atoms with Gasteiger partial charge in [-0.15, -0.1) is 0 Å². The molecule has 1 unspecified atom stereocenters. The first-order valence-electron chi connectivity index (χ1n) is 4.26. The smallest absolute Gasteiger partial charge is 0.426 e. The lowest BCUT2D eigenvalue weighted by molar-refractivity contribution is -0.139. The fourth-order valence-electron chi connectivity index (χ4n) is 1.71. The number of carbonyl (C=O) groups is 1. The standard InChI is InChI=1S/C9H10ClF3O2/c1-8(2)4(6(8)7(14)15)3-5(10)9(11,12)13/h3-4,6H,1-2H3,(H,14,15)/b5-3-/t4?,6-/m0/s1. The molecule has 1 N–H and O–H groups in total. The lowest BCUT2D eigenvalue weighted by Crippen LogP contribution is -2.07. The van der Waals surface area contributed by atoms with E-state index in [0.717, 1.165) is 6.08 Å². The molecule has 86 valence electrons. The number of carboxylic acid groups (broad SMARTS) is 1. The molecule has 6 heteroatoms. The molecule has 0 spiro atoms. The highest BCUT2D eigenvalue weighted by Crippen LogP contribution is 2.60. The number of aliphatic carboxylic acids is 1. The highest BCUT2D eigenvalue weighted by Gasteiger charge is 2.61. The molecule has 0 aromatic heterocycles. The van der Waals surface area contributed by atoms with Gasteiger partial charge in [0.25, 0.3) is 0 Å². The van der Waals surface area contributed by atoms with Crippen LogP contribution in [-0.2, 0) is 4.79 Å². The molecule has 0 bridgehead atoms. The fourth-order valence-corrected chi connectivity index (χ4v) is 1.85. The van der Waals surface area contributed by atoms with Crippen molar-refractivity contribution in [2.24, 2.45) is 17.3 Å². The maximum atomic E-state index is 12.1. The number of hydrogen-bond donors (Lipinski definition) is 1. The molecule has 1 aliphatic rings. The molecule has 1 rings (SSSR count). The van der Waals surface area contributed by atoms with Crippen molar-refractivity contribution in [2.75, 3.05) is 0 Å². The predicted molar refractivity (Wildman–Crippen MR) is 48.4 cm³/mol. The molecule has 2 nitrogen and oxygen atoms in total. The van der Waals surface area contributed by atoms with Gasteiger partial charge in [0.1, 0.15) is 5.03 Å². The average Bonchev–Trinajstić information content (AvgIpc) is 2.50. The molecular weight excluding hydrogens is 233 g/mol. The van der Waals surface area contributed by atoms with Gasteiger partial charge in [-0.3, -0.25) is 4.79 Å². The molecule has 2 atom stereocenters. The first-order chi connectivity index (χ1) is 6.58. The third-order valence-electron chi connectivity index (χ3n) is 2.77. The van der Waals surface area contributed by atoms with Crippen LogP contribution in [0.15, 0.2) is 11.1 Å². The molecule has 0 amide bonds. The summed E-state index contributed by atoms with van der Waals surface area (Å²) in [5.74, 6) is -2.52. The van der Waals surface area contributed by atoms with E-state index in [4.69, 9.17) is 16.7 Å². The van der Waals surface area contributed by atoms with Gasteiger partial charge in [-0.1, -0.05) is 31.5 Å². The van der Waals surface area contributed by atoms with Crippen molar-refractivity contribution >= 4 is 17.6 Å². The van der Waals surface area contributed by atoms with E-state index in [0.29, 0.717) is 0 Å². The number of carboxylic acids is 1. The number of hydrogen-bond acceptors (Lipinski definition) is 1. The van der Waals surface area contributed by atoms with E-state index >= 15 is 0 Å². The zero-order valence-electron chi connectivity index (χ0n) is 8.10. The van der Waals surface area contributed by atoms with Gasteiger partial charge in [0, 0.05) is 0 Å². The summed E-state index contributed by atoms with van der Waals surface area (Å²) in [4.78, 5) is 10.7. The monoisotopic (exact) mass is 242 g/mol. The van der Waals surface area contributed by atoms with Crippen LogP contribution in [0.25, 0.3) is 0 Å². The summed E-state index contributed by atoms with van der Waals surface area (Å²) >= 11 is 5.03. The Labute approximate surface area is 89.7 Å². The minimum absolute atomic E-state index is 0.649. The summed E-state index contributed by atoms with van der Waals surface area (Å²) < 4.78 is 36.2. The Kier molecular flexibility index (Phi) is 2.80. The van der Waals surface area contributed by atoms with Gasteiger partial charge in [0.2, 0.25) is 0 Å². The first kappa shape index (κ1) is 12.4. The number of alkyl halides is 3. The number of rotatable bonds is 2. The summed E-state index contributed by atoms with van der Waals surface area (Å²) in [7, 11) is 0. The van der Waals surface area contributed by atoms with Gasteiger partial charge >= 0.3 is 12.1 Å². The van der Waals surface area contributed by atoms with Crippen LogP contribution in [0.1, 0.15) is 13.8 Å². The Morgan fingerprint density at radius 1 is 1.47 bits per heavy atom. The molecule has 0 radical (unpaired) electrons. The summed E-state index contributed by atoms with van der Waals surface area (Å²) in [6.45, 7) is 3.21. The van der Waals surface area contributed by atoms with Gasteiger partial charge in [0.05, 0.1) is 5.92 Å². The second-order valence-electron chi connectivity index (χ2n) is 4.18. The largest absolute Gasteiger partial charge is 0.481 e. The average molecular weight is 243 g/mol. The molecule has 0 saturated heterocycles. The Morgan fingerprint density at radius 2 is 1.93 bits per heavy atom. The molecule has 1 aliphatic carbocycles. The highest BCUT2D eigenvalue weighted by molar-refractivity contribution is 6.30. The van der Waals surface area contributed by atoms with Crippen molar-refractivity contribution in [3.8, 4) is 0 Å². The van der Waals surface area contributed by atoms with Crippen LogP contribution in [0.3, 0.4) is 0 Å². The normalized spacial score (nSPS) is 30.1. The number of halogens is 4. The topological polar surface area (TPSA) is 37.3 Å². The van der Waals surface area contributed by atoms with Crippen LogP contribution < -0.4 is 0 Å². The molecular formula is C9H10ClF3O2. The third-order valence-corrected chi connectivity index (χ3v) is 3.11. The van der Waals surface area contributed by atoms with Gasteiger partial charge < -0.3 is 5.11 Å². The zero-order chi connectivity index (χ0) is 12.0. The predicted octanol–water partition coefficient (Wildman–Crippen LogP) is 3.03. The van der Waals surface area contributed by atoms with Crippen LogP contribution in [0, 0.1) is 17.3 Å². The molecule has 1 fully saturated rings. The van der Waals surface area contributed by atoms with E-state index < -0.39 is 34.4 Å². The van der Waals surface area contributed by atoms with Crippen molar-refractivity contribution in [1.29, 1.82) is 0 Å². The molecule has 15 heavy (non-hydrogen) atoms. The molecule has 1 saturated carbocycles. The summed E-state index contributed by atoms with van der Waals surface area (Å²) in [5, 5.41) is 7.48. The van der Waals surface area contributed by atoms with E-state index in [1.54, 1.807) is 13.8 Å². The fraction of sp³-hybridized carbons (Fsp3) is 0.667.